The predicted molar refractivity (Wildman–Crippen MR) is 48.2 cm³/mol. The second-order valence-electron chi connectivity index (χ2n) is 2.99. The van der Waals surface area contributed by atoms with Crippen LogP contribution in [0.5, 0.6) is 0 Å². The first-order valence-corrected chi connectivity index (χ1v) is 4.16. The fraction of sp³-hybridized carbons (Fsp3) is 0.273. The topological polar surface area (TPSA) is 0 Å². The fourth-order valence-corrected chi connectivity index (χ4v) is 1.57. The molecule has 2 aliphatic rings. The number of allylic oxidation sites excluding steroid dienone is 8. The Hall–Kier alpha value is -0.391. The molecule has 1 heteroatoms. The minimum atomic E-state index is 0. The van der Waals surface area contributed by atoms with Gasteiger partial charge in [-0.15, -0.1) is 0 Å². The molecule has 0 aliphatic heterocycles. The molecule has 0 nitrogen and oxygen atoms in total. The fourth-order valence-electron chi connectivity index (χ4n) is 1.57. The third-order valence-electron chi connectivity index (χ3n) is 2.21. The zero-order valence-electron chi connectivity index (χ0n) is 6.87. The van der Waals surface area contributed by atoms with Crippen LogP contribution >= 0.6 is 0 Å². The van der Waals surface area contributed by atoms with Gasteiger partial charge in [0.05, 0.1) is 0 Å². The molecule has 0 aromatic heterocycles. The minimum absolute atomic E-state index is 0. The number of hydrogen-bond donors (Lipinski definition) is 0. The summed E-state index contributed by atoms with van der Waals surface area (Å²) < 4.78 is 0. The molecule has 0 aromatic rings. The van der Waals surface area contributed by atoms with Gasteiger partial charge in [0.2, 0.25) is 0 Å². The molecule has 0 saturated carbocycles. The summed E-state index contributed by atoms with van der Waals surface area (Å²) in [5.74, 6) is 0.597. The molecule has 1 radical (unpaired) electrons. The first-order chi connectivity index (χ1) is 5.47. The van der Waals surface area contributed by atoms with Gasteiger partial charge < -0.3 is 0 Å². The van der Waals surface area contributed by atoms with Crippen molar-refractivity contribution in [3.8, 4) is 0 Å². The third kappa shape index (κ3) is 2.06. The molecule has 0 N–H and O–H groups in total. The van der Waals surface area contributed by atoms with Crippen molar-refractivity contribution in [2.24, 2.45) is 5.92 Å². The van der Waals surface area contributed by atoms with E-state index in [0.717, 1.165) is 12.8 Å². The zero-order chi connectivity index (χ0) is 7.52. The summed E-state index contributed by atoms with van der Waals surface area (Å²) in [5, 5.41) is 0. The first kappa shape index (κ1) is 9.70. The molecule has 0 saturated heterocycles. The van der Waals surface area contributed by atoms with E-state index < -0.39 is 0 Å². The van der Waals surface area contributed by atoms with Gasteiger partial charge in [0, 0.05) is 26.0 Å². The largest absolute Gasteiger partial charge is 0.0844 e. The summed E-state index contributed by atoms with van der Waals surface area (Å²) in [4.78, 5) is 0. The van der Waals surface area contributed by atoms with Crippen LogP contribution in [-0.2, 0) is 20.1 Å². The molecular formula is C11H12Ir. The number of hydrogen-bond acceptors (Lipinski definition) is 0. The van der Waals surface area contributed by atoms with Gasteiger partial charge in [0.15, 0.2) is 0 Å². The summed E-state index contributed by atoms with van der Waals surface area (Å²) in [5.41, 5.74) is 1.55. The Kier molecular flexibility index (Phi) is 3.71. The predicted octanol–water partition coefficient (Wildman–Crippen LogP) is 3.00. The number of rotatable bonds is 1. The normalized spacial score (nSPS) is 20.8. The maximum atomic E-state index is 2.34. The van der Waals surface area contributed by atoms with Crippen LogP contribution in [0.2, 0.25) is 0 Å². The second kappa shape index (κ2) is 4.59. The average molecular weight is 336 g/mol. The Morgan fingerprint density at radius 3 is 2.42 bits per heavy atom. The quantitative estimate of drug-likeness (QED) is 0.646. The van der Waals surface area contributed by atoms with Gasteiger partial charge in [-0.2, -0.15) is 0 Å². The molecule has 65 valence electrons. The Labute approximate surface area is 87.1 Å². The summed E-state index contributed by atoms with van der Waals surface area (Å²) in [6, 6.07) is 0. The first-order valence-electron chi connectivity index (χ1n) is 4.16. The molecule has 2 rings (SSSR count). The van der Waals surface area contributed by atoms with Gasteiger partial charge in [0.1, 0.15) is 0 Å². The van der Waals surface area contributed by atoms with Crippen LogP contribution in [0.1, 0.15) is 12.8 Å². The van der Waals surface area contributed by atoms with Crippen LogP contribution in [0.15, 0.2) is 48.1 Å². The summed E-state index contributed by atoms with van der Waals surface area (Å²) in [6.45, 7) is 0. The Morgan fingerprint density at radius 2 is 1.83 bits per heavy atom. The Bertz CT molecular complexity index is 244. The molecule has 12 heavy (non-hydrogen) atoms. The zero-order valence-corrected chi connectivity index (χ0v) is 9.26. The third-order valence-corrected chi connectivity index (χ3v) is 2.21. The van der Waals surface area contributed by atoms with Gasteiger partial charge in [-0.3, -0.25) is 0 Å². The SMILES string of the molecule is C1=CC(C2=CCC=CC2)C=C1.[Ir]. The standard InChI is InChI=1S/C11H12.Ir/c1-2-6-10(7-3-1)11-8-4-5-9-11;/h1-2,4-5,7-9,11H,3,6H2;. The Balaban J connectivity index is 0.000000720. The van der Waals surface area contributed by atoms with Gasteiger partial charge in [-0.25, -0.2) is 0 Å². The molecule has 2 aliphatic carbocycles. The van der Waals surface area contributed by atoms with Crippen molar-refractivity contribution in [3.63, 3.8) is 0 Å². The van der Waals surface area contributed by atoms with E-state index in [9.17, 15) is 0 Å². The Morgan fingerprint density at radius 1 is 1.08 bits per heavy atom. The van der Waals surface area contributed by atoms with Crippen molar-refractivity contribution in [1.82, 2.24) is 0 Å². The maximum absolute atomic E-state index is 2.34. The van der Waals surface area contributed by atoms with Gasteiger partial charge >= 0.3 is 0 Å². The van der Waals surface area contributed by atoms with Crippen LogP contribution in [0.25, 0.3) is 0 Å². The summed E-state index contributed by atoms with van der Waals surface area (Å²) in [7, 11) is 0. The smallest absolute Gasteiger partial charge is 0.0166 e. The summed E-state index contributed by atoms with van der Waals surface area (Å²) >= 11 is 0. The molecule has 0 aromatic carbocycles. The molecule has 0 heterocycles. The van der Waals surface area contributed by atoms with E-state index in [4.69, 9.17) is 0 Å². The molecule has 0 amide bonds. The van der Waals surface area contributed by atoms with Crippen LogP contribution < -0.4 is 0 Å². The minimum Gasteiger partial charge on any atom is -0.0844 e. The average Bonchev–Trinajstić information content (AvgIpc) is 2.58. The van der Waals surface area contributed by atoms with E-state index in [1.54, 1.807) is 5.57 Å². The van der Waals surface area contributed by atoms with Crippen molar-refractivity contribution in [3.05, 3.63) is 48.1 Å². The van der Waals surface area contributed by atoms with Crippen molar-refractivity contribution >= 4 is 0 Å². The molecule has 0 unspecified atom stereocenters. The monoisotopic (exact) mass is 337 g/mol. The van der Waals surface area contributed by atoms with Gasteiger partial charge in [0.25, 0.3) is 0 Å². The second-order valence-corrected chi connectivity index (χ2v) is 2.99. The van der Waals surface area contributed by atoms with Crippen LogP contribution in [0.3, 0.4) is 0 Å². The van der Waals surface area contributed by atoms with Crippen molar-refractivity contribution in [1.29, 1.82) is 0 Å². The van der Waals surface area contributed by atoms with E-state index in [-0.39, 0.29) is 20.1 Å². The van der Waals surface area contributed by atoms with E-state index in [1.807, 2.05) is 0 Å². The van der Waals surface area contributed by atoms with E-state index >= 15 is 0 Å². The maximum Gasteiger partial charge on any atom is 0.0166 e. The van der Waals surface area contributed by atoms with Gasteiger partial charge in [-0.1, -0.05) is 48.1 Å². The van der Waals surface area contributed by atoms with Crippen molar-refractivity contribution in [2.45, 2.75) is 12.8 Å². The molecular weight excluding hydrogens is 324 g/mol. The molecule has 0 spiro atoms. The molecule has 0 atom stereocenters. The van der Waals surface area contributed by atoms with E-state index in [0.29, 0.717) is 5.92 Å². The van der Waals surface area contributed by atoms with Crippen LogP contribution in [0.4, 0.5) is 0 Å². The van der Waals surface area contributed by atoms with Gasteiger partial charge in [-0.05, 0) is 12.8 Å². The van der Waals surface area contributed by atoms with Crippen LogP contribution in [-0.4, -0.2) is 0 Å². The summed E-state index contributed by atoms with van der Waals surface area (Å²) in [6.07, 6.45) is 17.8. The molecule has 0 fully saturated rings. The molecule has 0 bridgehead atoms. The van der Waals surface area contributed by atoms with Crippen LogP contribution in [0, 0.1) is 5.92 Å². The van der Waals surface area contributed by atoms with Crippen molar-refractivity contribution < 1.29 is 20.1 Å². The van der Waals surface area contributed by atoms with E-state index in [1.165, 1.54) is 0 Å². The van der Waals surface area contributed by atoms with Crippen molar-refractivity contribution in [2.75, 3.05) is 0 Å². The van der Waals surface area contributed by atoms with E-state index in [2.05, 4.69) is 42.5 Å².